The summed E-state index contributed by atoms with van der Waals surface area (Å²) in [6.45, 7) is 6.16. The number of nitrogens with zero attached hydrogens (tertiary/aromatic N) is 2. The Morgan fingerprint density at radius 3 is 1.32 bits per heavy atom. The summed E-state index contributed by atoms with van der Waals surface area (Å²) in [5.41, 5.74) is -17.2. The van der Waals surface area contributed by atoms with Crippen molar-refractivity contribution in [2.24, 2.45) is 0 Å². The molecule has 0 bridgehead atoms. The number of hydrogen-bond acceptors (Lipinski definition) is 4. The van der Waals surface area contributed by atoms with Crippen molar-refractivity contribution >= 4 is 51.9 Å². The van der Waals surface area contributed by atoms with Crippen LogP contribution in [-0.2, 0) is 21.2 Å². The number of hydrogen-bond donors (Lipinski definition) is 0. The molecule has 4 aromatic carbocycles. The van der Waals surface area contributed by atoms with E-state index in [1.54, 1.807) is 18.8 Å². The van der Waals surface area contributed by atoms with Crippen molar-refractivity contribution < 1.29 is 93.1 Å². The van der Waals surface area contributed by atoms with Gasteiger partial charge in [0, 0.05) is 3.42 Å². The van der Waals surface area contributed by atoms with Crippen LogP contribution >= 0.6 is 22.6 Å². The fourth-order valence-electron chi connectivity index (χ4n) is 7.26. The van der Waals surface area contributed by atoms with Crippen molar-refractivity contribution in [2.75, 3.05) is 9.83 Å². The SMILES string of the molecule is C[I-]C(C)(C)N1C(=O)c2ccc(C(c3ccc4c(c3)C(=O)N(c3ccc(-c5ccc(C(C)(C)I)cc5C(F)(F)F)c(C(F)(F)F)c3)C4=O)(C(F)(F)F)C(F)(F)F)cc2C1=O. The van der Waals surface area contributed by atoms with Crippen molar-refractivity contribution in [2.45, 2.75) is 64.8 Å². The average Bonchev–Trinajstić information content (AvgIpc) is 3.52. The third kappa shape index (κ3) is 7.15. The molecule has 6 nitrogen and oxygen atoms in total. The Morgan fingerprint density at radius 2 is 0.867 bits per heavy atom. The molecule has 0 saturated heterocycles. The minimum absolute atomic E-state index is 0.0507. The van der Waals surface area contributed by atoms with Crippen LogP contribution in [0.3, 0.4) is 0 Å². The van der Waals surface area contributed by atoms with Gasteiger partial charge in [-0.25, -0.2) is 0 Å². The van der Waals surface area contributed by atoms with E-state index in [-0.39, 0.29) is 28.7 Å². The summed E-state index contributed by atoms with van der Waals surface area (Å²) in [7, 11) is 0. The van der Waals surface area contributed by atoms with Crippen molar-refractivity contribution in [1.82, 2.24) is 4.90 Å². The molecule has 0 radical (unpaired) electrons. The van der Waals surface area contributed by atoms with E-state index in [9.17, 15) is 45.5 Å². The maximum atomic E-state index is 15.3. The first-order valence-electron chi connectivity index (χ1n) is 17.1. The monoisotopic (exact) mass is 1080 g/mol. The first-order valence-corrected chi connectivity index (χ1v) is 21.4. The zero-order valence-electron chi connectivity index (χ0n) is 31.2. The van der Waals surface area contributed by atoms with Gasteiger partial charge in [-0.05, 0) is 48.7 Å². The summed E-state index contributed by atoms with van der Waals surface area (Å²) in [6, 6.07) is 6.30. The van der Waals surface area contributed by atoms with Crippen LogP contribution in [0.2, 0.25) is 0 Å². The first kappa shape index (κ1) is 45.3. The molecule has 20 heteroatoms. The fourth-order valence-corrected chi connectivity index (χ4v) is 8.51. The Labute approximate surface area is 356 Å². The van der Waals surface area contributed by atoms with Gasteiger partial charge in [-0.2, -0.15) is 26.3 Å². The molecule has 0 unspecified atom stereocenters. The van der Waals surface area contributed by atoms with Crippen LogP contribution in [0.25, 0.3) is 11.1 Å². The van der Waals surface area contributed by atoms with Gasteiger partial charge in [-0.15, -0.1) is 0 Å². The summed E-state index contributed by atoms with van der Waals surface area (Å²) in [5, 5.41) is 0. The normalized spacial score (nSPS) is 15.7. The van der Waals surface area contributed by atoms with E-state index in [0.29, 0.717) is 42.5 Å². The van der Waals surface area contributed by atoms with Gasteiger partial charge in [0.15, 0.2) is 0 Å². The van der Waals surface area contributed by atoms with Crippen LogP contribution in [0.1, 0.15) is 96.9 Å². The zero-order valence-corrected chi connectivity index (χ0v) is 35.6. The summed E-state index contributed by atoms with van der Waals surface area (Å²) in [6.07, 6.45) is -23.1. The van der Waals surface area contributed by atoms with Gasteiger partial charge in [0.2, 0.25) is 0 Å². The van der Waals surface area contributed by atoms with Crippen LogP contribution in [0.5, 0.6) is 0 Å². The molecule has 0 atom stereocenters. The quantitative estimate of drug-likeness (QED) is 0.0614. The molecule has 320 valence electrons. The second-order valence-corrected chi connectivity index (χ2v) is 21.1. The second-order valence-electron chi connectivity index (χ2n) is 14.7. The number of imide groups is 2. The van der Waals surface area contributed by atoms with Gasteiger partial charge in [-0.1, -0.05) is 40.8 Å². The summed E-state index contributed by atoms with van der Waals surface area (Å²) in [4.78, 5) is 56.4. The van der Waals surface area contributed by atoms with E-state index in [2.05, 4.69) is 0 Å². The van der Waals surface area contributed by atoms with E-state index >= 15 is 26.3 Å². The molecule has 0 fully saturated rings. The number of anilines is 1. The molecule has 0 saturated carbocycles. The molecule has 2 aliphatic heterocycles. The topological polar surface area (TPSA) is 74.8 Å². The van der Waals surface area contributed by atoms with Crippen LogP contribution < -0.4 is 26.1 Å². The van der Waals surface area contributed by atoms with Crippen LogP contribution in [0.15, 0.2) is 72.8 Å². The van der Waals surface area contributed by atoms with Gasteiger partial charge in [0.1, 0.15) is 0 Å². The Balaban J connectivity index is 1.49. The van der Waals surface area contributed by atoms with E-state index in [0.717, 1.165) is 11.0 Å². The van der Waals surface area contributed by atoms with Gasteiger partial charge in [0.05, 0.1) is 16.8 Å². The summed E-state index contributed by atoms with van der Waals surface area (Å²) >= 11 is 0.924. The maximum absolute atomic E-state index is 15.3. The number of carbonyl (C=O) groups is 4. The van der Waals surface area contributed by atoms with Crippen LogP contribution in [-0.4, -0.2) is 49.4 Å². The number of alkyl halides is 15. The Bertz CT molecular complexity index is 2490. The van der Waals surface area contributed by atoms with Crippen molar-refractivity contribution in [1.29, 1.82) is 0 Å². The summed E-state index contributed by atoms with van der Waals surface area (Å²) in [5.74, 6) is -5.16. The molecule has 0 N–H and O–H groups in total. The molecular formula is C40H27F12I2N2O4-. The fraction of sp³-hybridized carbons (Fsp3) is 0.300. The first-order chi connectivity index (χ1) is 27.3. The number of rotatable bonds is 7. The molecule has 0 spiro atoms. The number of halogens is 14. The molecule has 6 rings (SSSR count). The number of fused-ring (bicyclic) bond motifs is 2. The van der Waals surface area contributed by atoms with Gasteiger partial charge in [0.25, 0.3) is 0 Å². The van der Waals surface area contributed by atoms with E-state index in [1.165, 1.54) is 19.9 Å². The molecule has 0 aromatic heterocycles. The Hall–Kier alpha value is -4.22. The molecule has 4 amide bonds. The number of carbonyl (C=O) groups excluding carboxylic acids is 4. The Kier molecular flexibility index (Phi) is 10.9. The predicted octanol–water partition coefficient (Wildman–Crippen LogP) is 8.32. The molecule has 2 heterocycles. The van der Waals surface area contributed by atoms with Gasteiger partial charge < -0.3 is 0 Å². The van der Waals surface area contributed by atoms with Gasteiger partial charge in [-0.3, -0.25) is 4.79 Å². The summed E-state index contributed by atoms with van der Waals surface area (Å²) < 4.78 is 176. The number of benzene rings is 4. The second kappa shape index (κ2) is 14.4. The molecule has 0 aliphatic carbocycles. The van der Waals surface area contributed by atoms with Crippen LogP contribution in [0.4, 0.5) is 58.4 Å². The number of amides is 4. The average molecular weight is 1080 g/mol. The van der Waals surface area contributed by atoms with Crippen molar-refractivity contribution in [3.05, 3.63) is 123 Å². The van der Waals surface area contributed by atoms with E-state index in [4.69, 9.17) is 0 Å². The Morgan fingerprint density at radius 1 is 0.483 bits per heavy atom. The molecular weight excluding hydrogens is 1050 g/mol. The zero-order chi connectivity index (χ0) is 45.1. The minimum atomic E-state index is -6.28. The predicted molar refractivity (Wildman–Crippen MR) is 196 cm³/mol. The standard InChI is InChI=1S/C40H27F12I2N2O4/c1-34(2,53)18-6-10-22(28(16-18)37(41,42)43)23-13-9-21(17-29(23)38(44,45)46)55-30(57)24-11-7-19(14-26(24)31(55)58)36(39(47,48)49,40(50,51)52)20-8-12-25-27(15-20)33(60)56(32(25)59)35(3,4)54-5/h6-17H,1-5H3/q-1. The molecule has 2 aliphatic rings. The van der Waals surface area contributed by atoms with E-state index < -0.39 is 143 Å². The molecule has 60 heavy (non-hydrogen) atoms. The van der Waals surface area contributed by atoms with Gasteiger partial charge >= 0.3 is 218 Å². The molecule has 4 aromatic rings. The van der Waals surface area contributed by atoms with Crippen LogP contribution in [0, 0.1) is 0 Å². The van der Waals surface area contributed by atoms with Crippen molar-refractivity contribution in [3.8, 4) is 11.1 Å². The third-order valence-electron chi connectivity index (χ3n) is 10.4. The van der Waals surface area contributed by atoms with Crippen molar-refractivity contribution in [3.63, 3.8) is 0 Å². The third-order valence-corrected chi connectivity index (χ3v) is 14.1. The van der Waals surface area contributed by atoms with E-state index in [1.807, 2.05) is 22.6 Å².